The Kier molecular flexibility index (Phi) is 10.7. The second kappa shape index (κ2) is 14.4. The van der Waals surface area contributed by atoms with E-state index in [4.69, 9.17) is 30.5 Å². The SMILES string of the molecule is CCCOc1ccc(CN2C(=O)NC(=O)/C(=C\c3cc(I)c(OCc4cccc(Cl)c4)c(OCC)c3)C2=O)cc1OC. The molecule has 11 heteroatoms. The van der Waals surface area contributed by atoms with Crippen LogP contribution in [-0.2, 0) is 22.7 Å². The minimum absolute atomic E-state index is 0.0717. The van der Waals surface area contributed by atoms with E-state index in [0.717, 1.165) is 16.9 Å². The van der Waals surface area contributed by atoms with Crippen molar-refractivity contribution in [1.82, 2.24) is 10.2 Å². The van der Waals surface area contributed by atoms with Gasteiger partial charge in [0, 0.05) is 5.02 Å². The molecule has 1 aliphatic rings. The van der Waals surface area contributed by atoms with Crippen LogP contribution < -0.4 is 24.3 Å². The Bertz CT molecular complexity index is 1530. The van der Waals surface area contributed by atoms with Crippen molar-refractivity contribution in [3.05, 3.63) is 85.5 Å². The van der Waals surface area contributed by atoms with Gasteiger partial charge in [-0.3, -0.25) is 19.8 Å². The number of methoxy groups -OCH3 is 1. The van der Waals surface area contributed by atoms with Crippen molar-refractivity contribution in [2.75, 3.05) is 20.3 Å². The van der Waals surface area contributed by atoms with E-state index in [1.807, 2.05) is 32.0 Å². The molecule has 4 rings (SSSR count). The lowest BCUT2D eigenvalue weighted by Crippen LogP contribution is -2.53. The number of ether oxygens (including phenoxy) is 4. The van der Waals surface area contributed by atoms with E-state index in [2.05, 4.69) is 27.9 Å². The Morgan fingerprint density at radius 2 is 1.74 bits per heavy atom. The van der Waals surface area contributed by atoms with E-state index >= 15 is 0 Å². The number of hydrogen-bond acceptors (Lipinski definition) is 7. The fourth-order valence-corrected chi connectivity index (χ4v) is 5.18. The summed E-state index contributed by atoms with van der Waals surface area (Å²) >= 11 is 8.21. The average molecular weight is 705 g/mol. The lowest BCUT2D eigenvalue weighted by atomic mass is 10.1. The zero-order chi connectivity index (χ0) is 30.2. The number of benzene rings is 3. The number of carbonyl (C=O) groups is 3. The maximum atomic E-state index is 13.4. The largest absolute Gasteiger partial charge is 0.493 e. The summed E-state index contributed by atoms with van der Waals surface area (Å²) in [7, 11) is 1.52. The van der Waals surface area contributed by atoms with Crippen LogP contribution >= 0.6 is 34.2 Å². The molecule has 9 nitrogen and oxygen atoms in total. The molecule has 0 unspecified atom stereocenters. The number of rotatable bonds is 12. The second-order valence-corrected chi connectivity index (χ2v) is 10.8. The first-order valence-electron chi connectivity index (χ1n) is 13.3. The van der Waals surface area contributed by atoms with Crippen molar-refractivity contribution in [1.29, 1.82) is 0 Å². The van der Waals surface area contributed by atoms with Gasteiger partial charge in [0.15, 0.2) is 23.0 Å². The highest BCUT2D eigenvalue weighted by molar-refractivity contribution is 14.1. The Balaban J connectivity index is 1.59. The standard InChI is InChI=1S/C31H30ClIN2O7/c1-4-11-41-25-10-9-19(15-26(25)39-3)17-35-30(37)23(29(36)34-31(35)38)13-21-14-24(33)28(27(16-21)40-5-2)42-18-20-7-6-8-22(32)12-20/h6-10,12-16H,4-5,11,17-18H2,1-3H3,(H,34,36,38)/b23-13+. The van der Waals surface area contributed by atoms with Gasteiger partial charge in [-0.15, -0.1) is 0 Å². The first kappa shape index (κ1) is 31.2. The Labute approximate surface area is 262 Å². The van der Waals surface area contributed by atoms with Gasteiger partial charge in [-0.05, 0) is 95.1 Å². The van der Waals surface area contributed by atoms with E-state index in [9.17, 15) is 14.4 Å². The quantitative estimate of drug-likeness (QED) is 0.133. The van der Waals surface area contributed by atoms with Crippen molar-refractivity contribution < 1.29 is 33.3 Å². The molecule has 0 radical (unpaired) electrons. The van der Waals surface area contributed by atoms with Crippen LogP contribution in [0.2, 0.25) is 5.02 Å². The first-order chi connectivity index (χ1) is 20.2. The first-order valence-corrected chi connectivity index (χ1v) is 14.7. The number of carbonyl (C=O) groups excluding carboxylic acids is 3. The molecule has 1 saturated heterocycles. The van der Waals surface area contributed by atoms with Crippen molar-refractivity contribution in [2.24, 2.45) is 0 Å². The van der Waals surface area contributed by atoms with Gasteiger partial charge < -0.3 is 18.9 Å². The third-order valence-electron chi connectivity index (χ3n) is 6.13. The average Bonchev–Trinajstić information content (AvgIpc) is 2.96. The summed E-state index contributed by atoms with van der Waals surface area (Å²) in [6, 6.07) is 15.2. The highest BCUT2D eigenvalue weighted by Crippen LogP contribution is 2.36. The lowest BCUT2D eigenvalue weighted by molar-refractivity contribution is -0.130. The normalized spacial score (nSPS) is 14.2. The Morgan fingerprint density at radius 3 is 2.45 bits per heavy atom. The van der Waals surface area contributed by atoms with E-state index in [-0.39, 0.29) is 18.7 Å². The van der Waals surface area contributed by atoms with Crippen LogP contribution in [0.5, 0.6) is 23.0 Å². The minimum atomic E-state index is -0.804. The van der Waals surface area contributed by atoms with E-state index < -0.39 is 17.8 Å². The van der Waals surface area contributed by atoms with Crippen LogP contribution in [0.25, 0.3) is 6.08 Å². The van der Waals surface area contributed by atoms with E-state index in [1.54, 1.807) is 36.4 Å². The molecule has 0 spiro atoms. The molecule has 1 aliphatic heterocycles. The minimum Gasteiger partial charge on any atom is -0.493 e. The molecule has 220 valence electrons. The maximum absolute atomic E-state index is 13.4. The van der Waals surface area contributed by atoms with Crippen LogP contribution in [0.1, 0.15) is 37.0 Å². The summed E-state index contributed by atoms with van der Waals surface area (Å²) in [5.74, 6) is 0.518. The second-order valence-electron chi connectivity index (χ2n) is 9.22. The summed E-state index contributed by atoms with van der Waals surface area (Å²) in [6.45, 7) is 4.94. The molecule has 0 aliphatic carbocycles. The smallest absolute Gasteiger partial charge is 0.331 e. The zero-order valence-electron chi connectivity index (χ0n) is 23.4. The van der Waals surface area contributed by atoms with E-state index in [1.165, 1.54) is 13.2 Å². The number of nitrogens with zero attached hydrogens (tertiary/aromatic N) is 1. The highest BCUT2D eigenvalue weighted by atomic mass is 127. The van der Waals surface area contributed by atoms with Gasteiger partial charge in [0.2, 0.25) is 0 Å². The van der Waals surface area contributed by atoms with Crippen LogP contribution in [0, 0.1) is 3.57 Å². The zero-order valence-corrected chi connectivity index (χ0v) is 26.3. The van der Waals surface area contributed by atoms with Gasteiger partial charge in [0.05, 0.1) is 30.4 Å². The number of urea groups is 1. The molecule has 0 atom stereocenters. The van der Waals surface area contributed by atoms with Crippen molar-refractivity contribution >= 4 is 58.1 Å². The Hall–Kier alpha value is -3.77. The van der Waals surface area contributed by atoms with Gasteiger partial charge in [0.1, 0.15) is 12.2 Å². The molecule has 1 fully saturated rings. The lowest BCUT2D eigenvalue weighted by Gasteiger charge is -2.26. The molecular weight excluding hydrogens is 675 g/mol. The highest BCUT2D eigenvalue weighted by Gasteiger charge is 2.36. The van der Waals surface area contributed by atoms with Crippen molar-refractivity contribution in [3.63, 3.8) is 0 Å². The number of halogens is 2. The summed E-state index contributed by atoms with van der Waals surface area (Å²) in [5.41, 5.74) is 1.87. The molecule has 0 saturated carbocycles. The van der Waals surface area contributed by atoms with Crippen LogP contribution in [0.4, 0.5) is 4.79 Å². The number of barbiturate groups is 1. The van der Waals surface area contributed by atoms with Gasteiger partial charge in [-0.2, -0.15) is 0 Å². The number of imide groups is 2. The van der Waals surface area contributed by atoms with E-state index in [0.29, 0.717) is 55.9 Å². The molecule has 42 heavy (non-hydrogen) atoms. The molecule has 4 amide bonds. The molecule has 1 N–H and O–H groups in total. The van der Waals surface area contributed by atoms with Crippen LogP contribution in [0.15, 0.2) is 60.2 Å². The number of amides is 4. The van der Waals surface area contributed by atoms with Crippen molar-refractivity contribution in [3.8, 4) is 23.0 Å². The molecule has 0 aromatic heterocycles. The summed E-state index contributed by atoms with van der Waals surface area (Å²) in [4.78, 5) is 39.8. The number of nitrogens with one attached hydrogen (secondary N) is 1. The third-order valence-corrected chi connectivity index (χ3v) is 7.17. The summed E-state index contributed by atoms with van der Waals surface area (Å²) < 4.78 is 23.7. The molecule has 3 aromatic rings. The third kappa shape index (κ3) is 7.54. The fraction of sp³-hybridized carbons (Fsp3) is 0.258. The van der Waals surface area contributed by atoms with Crippen molar-refractivity contribution in [2.45, 2.75) is 33.4 Å². The predicted molar refractivity (Wildman–Crippen MR) is 167 cm³/mol. The van der Waals surface area contributed by atoms with Gasteiger partial charge >= 0.3 is 6.03 Å². The van der Waals surface area contributed by atoms with Gasteiger partial charge in [-0.25, -0.2) is 4.79 Å². The Morgan fingerprint density at radius 1 is 0.929 bits per heavy atom. The molecule has 0 bridgehead atoms. The molecule has 1 heterocycles. The van der Waals surface area contributed by atoms with Crippen LogP contribution in [-0.4, -0.2) is 43.1 Å². The monoisotopic (exact) mass is 704 g/mol. The summed E-state index contributed by atoms with van der Waals surface area (Å²) in [6.07, 6.45) is 2.27. The van der Waals surface area contributed by atoms with Crippen LogP contribution in [0.3, 0.4) is 0 Å². The fourth-order valence-electron chi connectivity index (χ4n) is 4.18. The topological polar surface area (TPSA) is 103 Å². The van der Waals surface area contributed by atoms with Gasteiger partial charge in [-0.1, -0.05) is 36.7 Å². The van der Waals surface area contributed by atoms with Gasteiger partial charge in [0.25, 0.3) is 11.8 Å². The maximum Gasteiger partial charge on any atom is 0.331 e. The number of hydrogen-bond donors (Lipinski definition) is 1. The molecule has 3 aromatic carbocycles. The predicted octanol–water partition coefficient (Wildman–Crippen LogP) is 6.38. The molecular formula is C31H30ClIN2O7. The summed E-state index contributed by atoms with van der Waals surface area (Å²) in [5, 5.41) is 2.87.